The largest absolute Gasteiger partial charge is 0.491 e. The topological polar surface area (TPSA) is 95.9 Å². The molecule has 2 aromatic rings. The molecule has 34 heavy (non-hydrogen) atoms. The predicted molar refractivity (Wildman–Crippen MR) is 137 cm³/mol. The lowest BCUT2D eigenvalue weighted by Gasteiger charge is -2.32. The molecule has 0 radical (unpaired) electrons. The van der Waals surface area contributed by atoms with Crippen LogP contribution in [0.5, 0.6) is 5.75 Å². The van der Waals surface area contributed by atoms with Gasteiger partial charge in [0.15, 0.2) is 0 Å². The van der Waals surface area contributed by atoms with Crippen molar-refractivity contribution in [2.75, 3.05) is 6.61 Å². The van der Waals surface area contributed by atoms with E-state index in [1.807, 2.05) is 40.7 Å². The maximum Gasteiger partial charge on any atom is 0.325 e. The standard InChI is InChI=1S/C27H39NO5S/c1-9-27(10-2,22-14-17(4)23(34-22)24(30)28-18(5)25(31)32)19-11-12-20(16(3)13-19)33-15-21(29)26(6,7)8/h11-14,18,21,29H,9-10,15H2,1-8H3,(H,28,30)(H,31,32). The van der Waals surface area contributed by atoms with Gasteiger partial charge in [-0.15, -0.1) is 11.3 Å². The second-order valence-corrected chi connectivity index (χ2v) is 11.2. The molecule has 1 aromatic carbocycles. The number of aliphatic hydroxyl groups excluding tert-OH is 1. The summed E-state index contributed by atoms with van der Waals surface area (Å²) in [4.78, 5) is 25.5. The number of rotatable bonds is 10. The van der Waals surface area contributed by atoms with Crippen molar-refractivity contribution in [3.63, 3.8) is 0 Å². The first kappa shape index (κ1) is 27.9. The van der Waals surface area contributed by atoms with E-state index in [9.17, 15) is 14.7 Å². The van der Waals surface area contributed by atoms with Crippen molar-refractivity contribution in [3.05, 3.63) is 50.7 Å². The summed E-state index contributed by atoms with van der Waals surface area (Å²) < 4.78 is 5.93. The van der Waals surface area contributed by atoms with Gasteiger partial charge in [-0.1, -0.05) is 46.8 Å². The normalized spacial score (nSPS) is 13.9. The highest BCUT2D eigenvalue weighted by atomic mass is 32.1. The van der Waals surface area contributed by atoms with E-state index in [2.05, 4.69) is 37.4 Å². The van der Waals surface area contributed by atoms with Gasteiger partial charge in [-0.3, -0.25) is 9.59 Å². The number of nitrogens with one attached hydrogen (secondary N) is 1. The second kappa shape index (κ2) is 10.9. The van der Waals surface area contributed by atoms with Crippen LogP contribution in [0.25, 0.3) is 0 Å². The molecule has 0 aliphatic rings. The summed E-state index contributed by atoms with van der Waals surface area (Å²) in [6.45, 7) is 15.8. The smallest absolute Gasteiger partial charge is 0.325 e. The van der Waals surface area contributed by atoms with E-state index in [0.717, 1.165) is 40.2 Å². The van der Waals surface area contributed by atoms with Crippen molar-refractivity contribution in [1.29, 1.82) is 0 Å². The molecular weight excluding hydrogens is 450 g/mol. The number of thiophene rings is 1. The minimum Gasteiger partial charge on any atom is -0.491 e. The van der Waals surface area contributed by atoms with Crippen molar-refractivity contribution in [2.45, 2.75) is 85.8 Å². The molecule has 0 bridgehead atoms. The van der Waals surface area contributed by atoms with Gasteiger partial charge in [-0.2, -0.15) is 0 Å². The molecule has 1 heterocycles. The Labute approximate surface area is 207 Å². The zero-order valence-corrected chi connectivity index (χ0v) is 22.4. The van der Waals surface area contributed by atoms with Crippen LogP contribution in [-0.4, -0.2) is 40.8 Å². The second-order valence-electron chi connectivity index (χ2n) is 10.1. The van der Waals surface area contributed by atoms with E-state index in [1.54, 1.807) is 0 Å². The minimum atomic E-state index is -1.06. The van der Waals surface area contributed by atoms with E-state index in [1.165, 1.54) is 18.3 Å². The predicted octanol–water partition coefficient (Wildman–Crippen LogP) is 5.46. The van der Waals surface area contributed by atoms with Crippen molar-refractivity contribution in [3.8, 4) is 5.75 Å². The van der Waals surface area contributed by atoms with Crippen LogP contribution in [0.3, 0.4) is 0 Å². The Morgan fingerprint density at radius 2 is 1.71 bits per heavy atom. The van der Waals surface area contributed by atoms with Crippen LogP contribution in [0.15, 0.2) is 24.3 Å². The zero-order valence-electron chi connectivity index (χ0n) is 21.6. The van der Waals surface area contributed by atoms with Crippen LogP contribution in [0.2, 0.25) is 0 Å². The monoisotopic (exact) mass is 489 g/mol. The van der Waals surface area contributed by atoms with Crippen LogP contribution in [0.4, 0.5) is 0 Å². The van der Waals surface area contributed by atoms with Crippen molar-refractivity contribution in [2.24, 2.45) is 5.41 Å². The van der Waals surface area contributed by atoms with Gasteiger partial charge in [0.2, 0.25) is 0 Å². The number of benzene rings is 1. The number of aryl methyl sites for hydroxylation is 2. The molecule has 2 rings (SSSR count). The summed E-state index contributed by atoms with van der Waals surface area (Å²) in [5, 5.41) is 22.0. The van der Waals surface area contributed by atoms with E-state index in [4.69, 9.17) is 9.84 Å². The van der Waals surface area contributed by atoms with Crippen LogP contribution in [-0.2, 0) is 10.2 Å². The fourth-order valence-electron chi connectivity index (χ4n) is 3.94. The maximum atomic E-state index is 12.7. The minimum absolute atomic E-state index is 0.230. The molecule has 7 heteroatoms. The highest BCUT2D eigenvalue weighted by Crippen LogP contribution is 2.44. The number of ether oxygens (including phenoxy) is 1. The summed E-state index contributed by atoms with van der Waals surface area (Å²) in [5.74, 6) is -0.674. The molecule has 0 saturated heterocycles. The van der Waals surface area contributed by atoms with Gasteiger partial charge in [-0.05, 0) is 67.9 Å². The Morgan fingerprint density at radius 3 is 2.21 bits per heavy atom. The van der Waals surface area contributed by atoms with Crippen LogP contribution in [0, 0.1) is 19.3 Å². The number of hydrogen-bond acceptors (Lipinski definition) is 5. The van der Waals surface area contributed by atoms with Crippen molar-refractivity contribution >= 4 is 23.2 Å². The molecule has 1 aromatic heterocycles. The number of carboxylic acid groups (broad SMARTS) is 1. The highest BCUT2D eigenvalue weighted by molar-refractivity contribution is 7.14. The summed E-state index contributed by atoms with van der Waals surface area (Å²) in [5.41, 5.74) is 2.45. The Bertz CT molecular complexity index is 1020. The third-order valence-electron chi connectivity index (χ3n) is 6.64. The van der Waals surface area contributed by atoms with Gasteiger partial charge in [0, 0.05) is 10.3 Å². The third-order valence-corrected chi connectivity index (χ3v) is 8.08. The molecule has 2 atom stereocenters. The first-order valence-electron chi connectivity index (χ1n) is 11.8. The molecule has 0 saturated carbocycles. The average Bonchev–Trinajstić information content (AvgIpc) is 3.15. The Hall–Kier alpha value is -2.38. The van der Waals surface area contributed by atoms with Gasteiger partial charge in [-0.25, -0.2) is 0 Å². The molecule has 0 spiro atoms. The van der Waals surface area contributed by atoms with Gasteiger partial charge in [0.05, 0.1) is 11.0 Å². The quantitative estimate of drug-likeness (QED) is 0.412. The first-order chi connectivity index (χ1) is 15.8. The molecule has 0 aliphatic heterocycles. The van der Waals surface area contributed by atoms with E-state index >= 15 is 0 Å². The molecule has 2 unspecified atom stereocenters. The Morgan fingerprint density at radius 1 is 1.09 bits per heavy atom. The lowest BCUT2D eigenvalue weighted by atomic mass is 9.74. The van der Waals surface area contributed by atoms with Crippen LogP contribution >= 0.6 is 11.3 Å². The van der Waals surface area contributed by atoms with Gasteiger partial charge in [0.25, 0.3) is 5.91 Å². The fraction of sp³-hybridized carbons (Fsp3) is 0.556. The lowest BCUT2D eigenvalue weighted by Crippen LogP contribution is -2.38. The van der Waals surface area contributed by atoms with E-state index in [0.29, 0.717) is 4.88 Å². The van der Waals surface area contributed by atoms with Crippen LogP contribution < -0.4 is 10.1 Å². The lowest BCUT2D eigenvalue weighted by molar-refractivity contribution is -0.138. The Balaban J connectivity index is 2.37. The van der Waals surface area contributed by atoms with E-state index in [-0.39, 0.29) is 23.3 Å². The first-order valence-corrected chi connectivity index (χ1v) is 12.6. The molecule has 6 nitrogen and oxygen atoms in total. The Kier molecular flexibility index (Phi) is 8.94. The summed E-state index contributed by atoms with van der Waals surface area (Å²) in [6, 6.07) is 7.26. The van der Waals surface area contributed by atoms with Gasteiger partial charge >= 0.3 is 5.97 Å². The van der Waals surface area contributed by atoms with Gasteiger partial charge < -0.3 is 20.3 Å². The van der Waals surface area contributed by atoms with Crippen molar-refractivity contribution in [1.82, 2.24) is 5.32 Å². The molecule has 0 aliphatic carbocycles. The summed E-state index contributed by atoms with van der Waals surface area (Å²) in [7, 11) is 0. The van der Waals surface area contributed by atoms with Crippen molar-refractivity contribution < 1.29 is 24.5 Å². The number of hydrogen-bond donors (Lipinski definition) is 3. The number of amides is 1. The highest BCUT2D eigenvalue weighted by Gasteiger charge is 2.34. The number of aliphatic carboxylic acids is 1. The van der Waals surface area contributed by atoms with Crippen LogP contribution in [0.1, 0.15) is 85.6 Å². The number of aliphatic hydroxyl groups is 1. The van der Waals surface area contributed by atoms with Gasteiger partial charge in [0.1, 0.15) is 18.4 Å². The fourth-order valence-corrected chi connectivity index (χ4v) is 5.37. The van der Waals surface area contributed by atoms with E-state index < -0.39 is 18.1 Å². The SMILES string of the molecule is CCC(CC)(c1ccc(OCC(O)C(C)(C)C)c(C)c1)c1cc(C)c(C(=O)NC(C)C(=O)O)s1. The number of carbonyl (C=O) groups excluding carboxylic acids is 1. The summed E-state index contributed by atoms with van der Waals surface area (Å²) in [6.07, 6.45) is 1.12. The molecule has 0 fully saturated rings. The maximum absolute atomic E-state index is 12.7. The third kappa shape index (κ3) is 5.99. The molecule has 188 valence electrons. The number of carbonyl (C=O) groups is 2. The summed E-state index contributed by atoms with van der Waals surface area (Å²) >= 11 is 1.43. The molecule has 3 N–H and O–H groups in total. The zero-order chi connectivity index (χ0) is 25.8. The molecule has 1 amide bonds. The molecular formula is C27H39NO5S. The number of carboxylic acids is 1. The average molecular weight is 490 g/mol.